The standard InChI is InChI=1S/C15H19NO4/c1-19-7-3-2-6-16-10-11-4-5-13-12(8-11)9-14(20-13)15(17)18/h4-5,8-9,16H,2-3,6-7,10H2,1H3,(H,17,18). The van der Waals surface area contributed by atoms with Crippen LogP contribution in [-0.4, -0.2) is 31.3 Å². The highest BCUT2D eigenvalue weighted by Gasteiger charge is 2.10. The molecule has 1 aromatic carbocycles. The molecule has 0 saturated heterocycles. The van der Waals surface area contributed by atoms with Gasteiger partial charge in [0, 0.05) is 25.6 Å². The maximum Gasteiger partial charge on any atom is 0.371 e. The zero-order valence-corrected chi connectivity index (χ0v) is 11.5. The third kappa shape index (κ3) is 3.82. The molecule has 0 unspecified atom stereocenters. The highest BCUT2D eigenvalue weighted by atomic mass is 16.5. The molecule has 5 nitrogen and oxygen atoms in total. The van der Waals surface area contributed by atoms with E-state index in [2.05, 4.69) is 5.32 Å². The van der Waals surface area contributed by atoms with E-state index < -0.39 is 5.97 Å². The van der Waals surface area contributed by atoms with Crippen molar-refractivity contribution in [1.29, 1.82) is 0 Å². The molecule has 0 aliphatic carbocycles. The van der Waals surface area contributed by atoms with Crippen molar-refractivity contribution in [1.82, 2.24) is 5.32 Å². The first-order valence-corrected chi connectivity index (χ1v) is 6.66. The van der Waals surface area contributed by atoms with Crippen LogP contribution >= 0.6 is 0 Å². The summed E-state index contributed by atoms with van der Waals surface area (Å²) in [5.41, 5.74) is 1.72. The van der Waals surface area contributed by atoms with Crippen molar-refractivity contribution in [2.24, 2.45) is 0 Å². The zero-order valence-electron chi connectivity index (χ0n) is 11.5. The average molecular weight is 277 g/mol. The molecule has 2 N–H and O–H groups in total. The Hall–Kier alpha value is -1.85. The van der Waals surface area contributed by atoms with Gasteiger partial charge in [0.1, 0.15) is 5.58 Å². The number of unbranched alkanes of at least 4 members (excludes halogenated alkanes) is 1. The first-order valence-electron chi connectivity index (χ1n) is 6.66. The number of aromatic carboxylic acids is 1. The molecule has 0 atom stereocenters. The predicted octanol–water partition coefficient (Wildman–Crippen LogP) is 2.65. The summed E-state index contributed by atoms with van der Waals surface area (Å²) in [6.07, 6.45) is 2.12. The quantitative estimate of drug-likeness (QED) is 0.726. The van der Waals surface area contributed by atoms with Gasteiger partial charge in [0.15, 0.2) is 0 Å². The van der Waals surface area contributed by atoms with Crippen LogP contribution in [0.15, 0.2) is 28.7 Å². The summed E-state index contributed by atoms with van der Waals surface area (Å²) in [6, 6.07) is 7.26. The fraction of sp³-hybridized carbons (Fsp3) is 0.400. The van der Waals surface area contributed by atoms with Gasteiger partial charge in [0.25, 0.3) is 0 Å². The van der Waals surface area contributed by atoms with Gasteiger partial charge < -0.3 is 19.6 Å². The fourth-order valence-electron chi connectivity index (χ4n) is 2.04. The number of benzene rings is 1. The van der Waals surface area contributed by atoms with Crippen LogP contribution in [0.4, 0.5) is 0 Å². The number of methoxy groups -OCH3 is 1. The van der Waals surface area contributed by atoms with Gasteiger partial charge in [0.05, 0.1) is 0 Å². The molecule has 0 radical (unpaired) electrons. The Bertz CT molecular complexity index is 576. The third-order valence-corrected chi connectivity index (χ3v) is 3.07. The predicted molar refractivity (Wildman–Crippen MR) is 76.0 cm³/mol. The summed E-state index contributed by atoms with van der Waals surface area (Å²) in [5.74, 6) is -1.07. The number of furan rings is 1. The number of carboxylic acid groups (broad SMARTS) is 1. The molecule has 20 heavy (non-hydrogen) atoms. The van der Waals surface area contributed by atoms with E-state index in [0.717, 1.165) is 43.5 Å². The lowest BCUT2D eigenvalue weighted by Crippen LogP contribution is -2.15. The Balaban J connectivity index is 1.89. The molecular weight excluding hydrogens is 258 g/mol. The SMILES string of the molecule is COCCCCNCc1ccc2oc(C(=O)O)cc2c1. The molecule has 0 spiro atoms. The molecule has 2 rings (SSSR count). The van der Waals surface area contributed by atoms with Gasteiger partial charge in [-0.25, -0.2) is 4.79 Å². The molecule has 0 aliphatic rings. The van der Waals surface area contributed by atoms with Crippen molar-refractivity contribution in [3.05, 3.63) is 35.6 Å². The van der Waals surface area contributed by atoms with Crippen LogP contribution in [0.1, 0.15) is 29.0 Å². The first-order chi connectivity index (χ1) is 9.70. The molecule has 5 heteroatoms. The minimum absolute atomic E-state index is 0.0234. The summed E-state index contributed by atoms with van der Waals surface area (Å²) in [6.45, 7) is 2.49. The van der Waals surface area contributed by atoms with Crippen molar-refractivity contribution in [3.8, 4) is 0 Å². The van der Waals surface area contributed by atoms with Crippen LogP contribution in [0, 0.1) is 0 Å². The Morgan fingerprint density at radius 3 is 2.95 bits per heavy atom. The second-order valence-corrected chi connectivity index (χ2v) is 4.66. The first kappa shape index (κ1) is 14.6. The molecule has 0 aliphatic heterocycles. The van der Waals surface area contributed by atoms with Gasteiger partial charge in [-0.05, 0) is 43.1 Å². The summed E-state index contributed by atoms with van der Waals surface area (Å²) < 4.78 is 10.2. The monoisotopic (exact) mass is 277 g/mol. The van der Waals surface area contributed by atoms with E-state index in [0.29, 0.717) is 5.58 Å². The highest BCUT2D eigenvalue weighted by Crippen LogP contribution is 2.20. The molecule has 1 heterocycles. The van der Waals surface area contributed by atoms with Crippen LogP contribution in [0.5, 0.6) is 0 Å². The zero-order chi connectivity index (χ0) is 14.4. The van der Waals surface area contributed by atoms with Crippen LogP contribution in [0.25, 0.3) is 11.0 Å². The molecule has 2 aromatic rings. The van der Waals surface area contributed by atoms with Crippen LogP contribution in [-0.2, 0) is 11.3 Å². The largest absolute Gasteiger partial charge is 0.475 e. The molecule has 1 aromatic heterocycles. The van der Waals surface area contributed by atoms with E-state index in [1.807, 2.05) is 18.2 Å². The van der Waals surface area contributed by atoms with Gasteiger partial charge in [-0.15, -0.1) is 0 Å². The van der Waals surface area contributed by atoms with Gasteiger partial charge in [-0.1, -0.05) is 6.07 Å². The van der Waals surface area contributed by atoms with Gasteiger partial charge >= 0.3 is 5.97 Å². The van der Waals surface area contributed by atoms with Crippen molar-refractivity contribution in [3.63, 3.8) is 0 Å². The number of carboxylic acids is 1. The summed E-state index contributed by atoms with van der Waals surface area (Å²) in [5, 5.41) is 13.1. The van der Waals surface area contributed by atoms with Crippen LogP contribution < -0.4 is 5.32 Å². The van der Waals surface area contributed by atoms with E-state index in [4.69, 9.17) is 14.3 Å². The average Bonchev–Trinajstić information content (AvgIpc) is 2.86. The molecule has 0 bridgehead atoms. The molecule has 0 amide bonds. The number of hydrogen-bond acceptors (Lipinski definition) is 4. The Morgan fingerprint density at radius 1 is 1.35 bits per heavy atom. The van der Waals surface area contributed by atoms with Gasteiger partial charge in [-0.2, -0.15) is 0 Å². The number of hydrogen-bond donors (Lipinski definition) is 2. The summed E-state index contributed by atoms with van der Waals surface area (Å²) >= 11 is 0. The number of fused-ring (bicyclic) bond motifs is 1. The van der Waals surface area contributed by atoms with Crippen LogP contribution in [0.2, 0.25) is 0 Å². The van der Waals surface area contributed by atoms with Crippen molar-refractivity contribution >= 4 is 16.9 Å². The lowest BCUT2D eigenvalue weighted by atomic mass is 10.1. The molecule has 0 fully saturated rings. The summed E-state index contributed by atoms with van der Waals surface area (Å²) in [7, 11) is 1.71. The van der Waals surface area contributed by atoms with Gasteiger partial charge in [-0.3, -0.25) is 0 Å². The molecule has 108 valence electrons. The van der Waals surface area contributed by atoms with E-state index in [9.17, 15) is 4.79 Å². The molecule has 0 saturated carbocycles. The number of ether oxygens (including phenoxy) is 1. The van der Waals surface area contributed by atoms with E-state index >= 15 is 0 Å². The van der Waals surface area contributed by atoms with Crippen LogP contribution in [0.3, 0.4) is 0 Å². The number of nitrogens with one attached hydrogen (secondary N) is 1. The fourth-order valence-corrected chi connectivity index (χ4v) is 2.04. The van der Waals surface area contributed by atoms with Crippen molar-refractivity contribution in [2.45, 2.75) is 19.4 Å². The Labute approximate surface area is 117 Å². The third-order valence-electron chi connectivity index (χ3n) is 3.07. The minimum Gasteiger partial charge on any atom is -0.475 e. The molecular formula is C15H19NO4. The number of rotatable bonds is 8. The number of carbonyl (C=O) groups is 1. The Morgan fingerprint density at radius 2 is 2.20 bits per heavy atom. The van der Waals surface area contributed by atoms with Crippen molar-refractivity contribution in [2.75, 3.05) is 20.3 Å². The lowest BCUT2D eigenvalue weighted by Gasteiger charge is -2.04. The maximum atomic E-state index is 10.8. The maximum absolute atomic E-state index is 10.8. The normalized spacial score (nSPS) is 11.1. The second-order valence-electron chi connectivity index (χ2n) is 4.66. The Kier molecular flexibility index (Phi) is 5.15. The topological polar surface area (TPSA) is 71.7 Å². The van der Waals surface area contributed by atoms with E-state index in [1.165, 1.54) is 0 Å². The lowest BCUT2D eigenvalue weighted by molar-refractivity contribution is 0.0665. The second kappa shape index (κ2) is 7.07. The summed E-state index contributed by atoms with van der Waals surface area (Å²) in [4.78, 5) is 10.8. The van der Waals surface area contributed by atoms with Gasteiger partial charge in [0.2, 0.25) is 5.76 Å². The van der Waals surface area contributed by atoms with Crippen molar-refractivity contribution < 1.29 is 19.1 Å². The smallest absolute Gasteiger partial charge is 0.371 e. The highest BCUT2D eigenvalue weighted by molar-refractivity contribution is 5.91. The van der Waals surface area contributed by atoms with E-state index in [1.54, 1.807) is 13.2 Å². The van der Waals surface area contributed by atoms with E-state index in [-0.39, 0.29) is 5.76 Å². The minimum atomic E-state index is -1.04.